The van der Waals surface area contributed by atoms with Crippen molar-refractivity contribution < 1.29 is 12.9 Å². The molecular formula is C13H16N4O3S. The normalized spacial score (nSPS) is 19.6. The van der Waals surface area contributed by atoms with Gasteiger partial charge in [-0.2, -0.15) is 9.40 Å². The molecule has 0 spiro atoms. The van der Waals surface area contributed by atoms with Crippen LogP contribution in [0.5, 0.6) is 0 Å². The SMILES string of the molecule is O=S(=O)(C1CC1)N1CCc2onc(Cn3cccn3)c2C1. The van der Waals surface area contributed by atoms with Gasteiger partial charge in [0.2, 0.25) is 10.0 Å². The van der Waals surface area contributed by atoms with Crippen LogP contribution in [-0.2, 0) is 29.5 Å². The fraction of sp³-hybridized carbons (Fsp3) is 0.538. The van der Waals surface area contributed by atoms with E-state index < -0.39 is 10.0 Å². The van der Waals surface area contributed by atoms with Crippen molar-refractivity contribution in [1.29, 1.82) is 0 Å². The van der Waals surface area contributed by atoms with Crippen LogP contribution in [-0.4, -0.2) is 39.5 Å². The van der Waals surface area contributed by atoms with Gasteiger partial charge in [-0.25, -0.2) is 8.42 Å². The number of hydrogen-bond donors (Lipinski definition) is 0. The van der Waals surface area contributed by atoms with E-state index in [1.54, 1.807) is 15.2 Å². The second-order valence-corrected chi connectivity index (χ2v) is 7.78. The Bertz CT molecular complexity index is 746. The standard InChI is InChI=1S/C13H16N4O3S/c18-21(19,10-2-3-10)17-7-4-13-11(8-17)12(15-20-13)9-16-6-1-5-14-16/h1,5-6,10H,2-4,7-9H2. The smallest absolute Gasteiger partial charge is 0.217 e. The fourth-order valence-corrected chi connectivity index (χ4v) is 4.51. The van der Waals surface area contributed by atoms with Crippen molar-refractivity contribution in [2.24, 2.45) is 0 Å². The maximum atomic E-state index is 12.4. The Morgan fingerprint density at radius 1 is 1.38 bits per heavy atom. The van der Waals surface area contributed by atoms with Crippen molar-refractivity contribution in [2.75, 3.05) is 6.54 Å². The molecule has 4 rings (SSSR count). The first-order chi connectivity index (χ1) is 10.1. The first kappa shape index (κ1) is 13.0. The van der Waals surface area contributed by atoms with Crippen LogP contribution < -0.4 is 0 Å². The van der Waals surface area contributed by atoms with Gasteiger partial charge in [-0.1, -0.05) is 5.16 Å². The molecule has 0 bridgehead atoms. The summed E-state index contributed by atoms with van der Waals surface area (Å²) in [5, 5.41) is 8.07. The third kappa shape index (κ3) is 2.28. The third-order valence-corrected chi connectivity index (χ3v) is 6.40. The fourth-order valence-electron chi connectivity index (χ4n) is 2.70. The zero-order chi connectivity index (χ0) is 14.4. The average Bonchev–Trinajstić information content (AvgIpc) is 3.10. The van der Waals surface area contributed by atoms with Crippen molar-refractivity contribution in [3.63, 3.8) is 0 Å². The van der Waals surface area contributed by atoms with Gasteiger partial charge in [-0.3, -0.25) is 4.68 Å². The zero-order valence-corrected chi connectivity index (χ0v) is 12.3. The summed E-state index contributed by atoms with van der Waals surface area (Å²) in [5.74, 6) is 0.805. The highest BCUT2D eigenvalue weighted by Gasteiger charge is 2.42. The van der Waals surface area contributed by atoms with Crippen LogP contribution in [0.1, 0.15) is 29.9 Å². The Kier molecular flexibility index (Phi) is 2.90. The molecule has 8 heteroatoms. The quantitative estimate of drug-likeness (QED) is 0.833. The molecule has 21 heavy (non-hydrogen) atoms. The molecule has 0 radical (unpaired) electrons. The average molecular weight is 308 g/mol. The van der Waals surface area contributed by atoms with E-state index >= 15 is 0 Å². The van der Waals surface area contributed by atoms with Crippen molar-refractivity contribution in [1.82, 2.24) is 19.2 Å². The summed E-state index contributed by atoms with van der Waals surface area (Å²) in [6.45, 7) is 1.36. The van der Waals surface area contributed by atoms with Crippen LogP contribution in [0, 0.1) is 0 Å². The molecule has 0 unspecified atom stereocenters. The highest BCUT2D eigenvalue weighted by atomic mass is 32.2. The lowest BCUT2D eigenvalue weighted by Gasteiger charge is -2.25. The number of hydrogen-bond acceptors (Lipinski definition) is 5. The van der Waals surface area contributed by atoms with Crippen LogP contribution in [0.2, 0.25) is 0 Å². The summed E-state index contributed by atoms with van der Waals surface area (Å²) >= 11 is 0. The monoisotopic (exact) mass is 308 g/mol. The highest BCUT2D eigenvalue weighted by molar-refractivity contribution is 7.90. The minimum Gasteiger partial charge on any atom is -0.361 e. The molecule has 1 saturated carbocycles. The topological polar surface area (TPSA) is 81.2 Å². The number of rotatable bonds is 4. The van der Waals surface area contributed by atoms with E-state index in [0.717, 1.165) is 29.9 Å². The molecule has 1 aliphatic carbocycles. The summed E-state index contributed by atoms with van der Waals surface area (Å²) in [6.07, 6.45) is 5.72. The lowest BCUT2D eigenvalue weighted by Crippen LogP contribution is -2.38. The van der Waals surface area contributed by atoms with Crippen molar-refractivity contribution >= 4 is 10.0 Å². The van der Waals surface area contributed by atoms with Gasteiger partial charge in [0.15, 0.2) is 0 Å². The Morgan fingerprint density at radius 3 is 2.95 bits per heavy atom. The van der Waals surface area contributed by atoms with Gasteiger partial charge in [0.25, 0.3) is 0 Å². The maximum absolute atomic E-state index is 12.4. The molecule has 0 N–H and O–H groups in total. The first-order valence-corrected chi connectivity index (χ1v) is 8.57. The molecular weight excluding hydrogens is 292 g/mol. The lowest BCUT2D eigenvalue weighted by atomic mass is 10.1. The molecule has 3 heterocycles. The van der Waals surface area contributed by atoms with Crippen molar-refractivity contribution in [2.45, 2.75) is 37.6 Å². The molecule has 0 amide bonds. The van der Waals surface area contributed by atoms with E-state index in [1.807, 2.05) is 12.3 Å². The lowest BCUT2D eigenvalue weighted by molar-refractivity contribution is 0.330. The summed E-state index contributed by atoms with van der Waals surface area (Å²) in [7, 11) is -3.15. The minimum atomic E-state index is -3.15. The van der Waals surface area contributed by atoms with Crippen LogP contribution in [0.15, 0.2) is 23.0 Å². The van der Waals surface area contributed by atoms with E-state index in [4.69, 9.17) is 4.52 Å². The van der Waals surface area contributed by atoms with Crippen molar-refractivity contribution in [3.05, 3.63) is 35.5 Å². The van der Waals surface area contributed by atoms with Gasteiger partial charge in [0.05, 0.1) is 11.8 Å². The third-order valence-electron chi connectivity index (χ3n) is 4.05. The van der Waals surface area contributed by atoms with Crippen LogP contribution in [0.25, 0.3) is 0 Å². The molecule has 2 aliphatic rings. The van der Waals surface area contributed by atoms with Gasteiger partial charge < -0.3 is 4.52 Å². The number of sulfonamides is 1. The summed E-state index contributed by atoms with van der Waals surface area (Å²) < 4.78 is 33.4. The second-order valence-electron chi connectivity index (χ2n) is 5.56. The predicted molar refractivity (Wildman–Crippen MR) is 73.9 cm³/mol. The van der Waals surface area contributed by atoms with Crippen LogP contribution >= 0.6 is 0 Å². The van der Waals surface area contributed by atoms with Crippen LogP contribution in [0.3, 0.4) is 0 Å². The van der Waals surface area contributed by atoms with E-state index in [-0.39, 0.29) is 5.25 Å². The molecule has 0 aromatic carbocycles. The molecule has 112 valence electrons. The molecule has 1 aliphatic heterocycles. The van der Waals surface area contributed by atoms with Gasteiger partial charge in [0, 0.05) is 37.5 Å². The summed E-state index contributed by atoms with van der Waals surface area (Å²) in [5.41, 5.74) is 1.67. The van der Waals surface area contributed by atoms with Gasteiger partial charge in [-0.15, -0.1) is 0 Å². The highest BCUT2D eigenvalue weighted by Crippen LogP contribution is 2.34. The Morgan fingerprint density at radius 2 is 2.24 bits per heavy atom. The summed E-state index contributed by atoms with van der Waals surface area (Å²) in [6, 6.07) is 1.84. The Hall–Kier alpha value is -1.67. The molecule has 1 fully saturated rings. The molecule has 0 saturated heterocycles. The second kappa shape index (κ2) is 4.67. The van der Waals surface area contributed by atoms with Gasteiger partial charge in [-0.05, 0) is 18.9 Å². The zero-order valence-electron chi connectivity index (χ0n) is 11.5. The van der Waals surface area contributed by atoms with Crippen molar-refractivity contribution in [3.8, 4) is 0 Å². The van der Waals surface area contributed by atoms with Crippen LogP contribution in [0.4, 0.5) is 0 Å². The molecule has 2 aromatic heterocycles. The number of aromatic nitrogens is 3. The number of nitrogens with zero attached hydrogens (tertiary/aromatic N) is 4. The largest absolute Gasteiger partial charge is 0.361 e. The maximum Gasteiger partial charge on any atom is 0.217 e. The van der Waals surface area contributed by atoms with E-state index in [0.29, 0.717) is 26.1 Å². The first-order valence-electron chi connectivity index (χ1n) is 7.07. The minimum absolute atomic E-state index is 0.173. The van der Waals surface area contributed by atoms with Gasteiger partial charge in [0.1, 0.15) is 11.5 Å². The Balaban J connectivity index is 1.60. The molecule has 0 atom stereocenters. The molecule has 7 nitrogen and oxygen atoms in total. The van der Waals surface area contributed by atoms with E-state index in [2.05, 4.69) is 10.3 Å². The Labute approximate surface area is 122 Å². The molecule has 2 aromatic rings. The predicted octanol–water partition coefficient (Wildman–Crippen LogP) is 0.770. The number of fused-ring (bicyclic) bond motifs is 1. The van der Waals surface area contributed by atoms with E-state index in [9.17, 15) is 8.42 Å². The van der Waals surface area contributed by atoms with E-state index in [1.165, 1.54) is 0 Å². The van der Waals surface area contributed by atoms with Gasteiger partial charge >= 0.3 is 0 Å². The summed E-state index contributed by atoms with van der Waals surface area (Å²) in [4.78, 5) is 0.